The number of amides is 1. The van der Waals surface area contributed by atoms with Crippen LogP contribution in [0.25, 0.3) is 0 Å². The van der Waals surface area contributed by atoms with Crippen LogP contribution in [0.1, 0.15) is 45.4 Å². The Morgan fingerprint density at radius 2 is 0.974 bits per heavy atom. The lowest BCUT2D eigenvalue weighted by molar-refractivity contribution is -0.461. The van der Waals surface area contributed by atoms with Crippen molar-refractivity contribution < 1.29 is 79.4 Å². The minimum atomic E-state index is -8.62. The molecule has 0 saturated carbocycles. The maximum Gasteiger partial charge on any atom is 0.460 e. The van der Waals surface area contributed by atoms with E-state index in [1.807, 2.05) is 0 Å². The number of alkyl halides is 17. The molecule has 0 fully saturated rings. The fourth-order valence-corrected chi connectivity index (χ4v) is 3.09. The van der Waals surface area contributed by atoms with E-state index in [2.05, 4.69) is 6.58 Å². The minimum absolute atomic E-state index is 0.00138. The van der Waals surface area contributed by atoms with Gasteiger partial charge in [-0.1, -0.05) is 26.3 Å². The standard InChI is InChI=1S/C20H22F17NO/c1-3-10-38(12(39)4-2)11-8-6-5-7-9-13(21,22)14(23,24)15(25,26)16(27,28)17(29,30)18(31,32)19(33,34)20(35,36)37/h4H,2-3,5-11H2,1H3. The molecule has 0 N–H and O–H groups in total. The van der Waals surface area contributed by atoms with E-state index < -0.39 is 72.8 Å². The number of carbonyl (C=O) groups excluding carboxylic acids is 1. The molecule has 0 aliphatic heterocycles. The van der Waals surface area contributed by atoms with Crippen LogP contribution in [0.3, 0.4) is 0 Å². The van der Waals surface area contributed by atoms with Crippen LogP contribution in [0.15, 0.2) is 12.7 Å². The van der Waals surface area contributed by atoms with Gasteiger partial charge in [-0.05, 0) is 25.3 Å². The van der Waals surface area contributed by atoms with Crippen molar-refractivity contribution in [1.82, 2.24) is 4.90 Å². The Kier molecular flexibility index (Phi) is 11.3. The highest BCUT2D eigenvalue weighted by Crippen LogP contribution is 2.64. The highest BCUT2D eigenvalue weighted by Gasteiger charge is 2.95. The molecule has 0 saturated heterocycles. The topological polar surface area (TPSA) is 20.3 Å². The van der Waals surface area contributed by atoms with E-state index in [-0.39, 0.29) is 25.9 Å². The number of carbonyl (C=O) groups is 1. The van der Waals surface area contributed by atoms with Crippen molar-refractivity contribution in [3.63, 3.8) is 0 Å². The van der Waals surface area contributed by atoms with Crippen LogP contribution >= 0.6 is 0 Å². The van der Waals surface area contributed by atoms with Crippen molar-refractivity contribution >= 4 is 5.91 Å². The fraction of sp³-hybridized carbons (Fsp3) is 0.850. The summed E-state index contributed by atoms with van der Waals surface area (Å²) in [6.07, 6.45) is -10.6. The Labute approximate surface area is 210 Å². The molecule has 0 atom stereocenters. The van der Waals surface area contributed by atoms with Gasteiger partial charge in [0.1, 0.15) is 0 Å². The van der Waals surface area contributed by atoms with E-state index in [1.54, 1.807) is 6.92 Å². The third-order valence-electron chi connectivity index (χ3n) is 5.44. The Balaban J connectivity index is 5.75. The lowest BCUT2D eigenvalue weighted by Gasteiger charge is -2.42. The van der Waals surface area contributed by atoms with E-state index >= 15 is 0 Å². The molecule has 0 aliphatic rings. The van der Waals surface area contributed by atoms with Crippen LogP contribution in [0, 0.1) is 0 Å². The lowest BCUT2D eigenvalue weighted by Crippen LogP contribution is -2.74. The second kappa shape index (κ2) is 11.9. The van der Waals surface area contributed by atoms with Crippen molar-refractivity contribution in [3.05, 3.63) is 12.7 Å². The first-order valence-corrected chi connectivity index (χ1v) is 10.8. The molecule has 19 heteroatoms. The monoisotopic (exact) mass is 615 g/mol. The van der Waals surface area contributed by atoms with Crippen LogP contribution in [0.5, 0.6) is 0 Å². The smallest absolute Gasteiger partial charge is 0.339 e. The van der Waals surface area contributed by atoms with Gasteiger partial charge in [0.25, 0.3) is 0 Å². The van der Waals surface area contributed by atoms with E-state index in [9.17, 15) is 79.4 Å². The summed E-state index contributed by atoms with van der Waals surface area (Å²) in [7, 11) is 0. The quantitative estimate of drug-likeness (QED) is 0.0971. The normalized spacial score (nSPS) is 14.9. The van der Waals surface area contributed by atoms with Crippen molar-refractivity contribution in [2.24, 2.45) is 0 Å². The molecule has 0 aromatic heterocycles. The van der Waals surface area contributed by atoms with Crippen LogP contribution < -0.4 is 0 Å². The van der Waals surface area contributed by atoms with Gasteiger partial charge < -0.3 is 4.90 Å². The van der Waals surface area contributed by atoms with Crippen LogP contribution in [0.4, 0.5) is 74.6 Å². The Bertz CT molecular complexity index is 835. The third-order valence-corrected chi connectivity index (χ3v) is 5.44. The SMILES string of the molecule is C=CC(=O)N(CCC)CCCCCCC(F)(F)C(F)(F)C(F)(F)C(F)(F)C(F)(F)C(F)(F)C(F)(F)C(F)(F)F. The first kappa shape index (κ1) is 37.0. The molecule has 1 amide bonds. The summed E-state index contributed by atoms with van der Waals surface area (Å²) in [4.78, 5) is 12.8. The summed E-state index contributed by atoms with van der Waals surface area (Å²) < 4.78 is 225. The summed E-state index contributed by atoms with van der Waals surface area (Å²) in [6.45, 7) is 5.14. The molecule has 39 heavy (non-hydrogen) atoms. The molecule has 0 aliphatic carbocycles. The van der Waals surface area contributed by atoms with E-state index in [0.717, 1.165) is 6.08 Å². The molecule has 0 rings (SSSR count). The predicted octanol–water partition coefficient (Wildman–Crippen LogP) is 8.37. The number of hydrogen-bond acceptors (Lipinski definition) is 1. The van der Waals surface area contributed by atoms with Gasteiger partial charge in [-0.2, -0.15) is 74.6 Å². The third kappa shape index (κ3) is 6.51. The van der Waals surface area contributed by atoms with Crippen LogP contribution in [-0.2, 0) is 4.79 Å². The van der Waals surface area contributed by atoms with E-state index in [0.29, 0.717) is 6.42 Å². The average molecular weight is 615 g/mol. The first-order valence-electron chi connectivity index (χ1n) is 10.8. The molecule has 0 unspecified atom stereocenters. The second-order valence-electron chi connectivity index (χ2n) is 8.34. The largest absolute Gasteiger partial charge is 0.460 e. The zero-order valence-corrected chi connectivity index (χ0v) is 19.7. The zero-order chi connectivity index (χ0) is 31.5. The number of unbranched alkanes of at least 4 members (excludes halogenated alkanes) is 3. The molecule has 2 nitrogen and oxygen atoms in total. The maximum atomic E-state index is 13.8. The minimum Gasteiger partial charge on any atom is -0.339 e. The fourth-order valence-electron chi connectivity index (χ4n) is 3.09. The highest BCUT2D eigenvalue weighted by molar-refractivity contribution is 5.86. The number of nitrogens with zero attached hydrogens (tertiary/aromatic N) is 1. The summed E-state index contributed by atoms with van der Waals surface area (Å²) in [5, 5.41) is 0. The predicted molar refractivity (Wildman–Crippen MR) is 101 cm³/mol. The van der Waals surface area contributed by atoms with Crippen molar-refractivity contribution in [1.29, 1.82) is 0 Å². The Morgan fingerprint density at radius 3 is 1.36 bits per heavy atom. The Morgan fingerprint density at radius 1 is 0.590 bits per heavy atom. The zero-order valence-electron chi connectivity index (χ0n) is 19.7. The summed E-state index contributed by atoms with van der Waals surface area (Å²) >= 11 is 0. The van der Waals surface area contributed by atoms with Crippen molar-refractivity contribution in [2.45, 2.75) is 93.1 Å². The van der Waals surface area contributed by atoms with Gasteiger partial charge in [0.2, 0.25) is 5.91 Å². The van der Waals surface area contributed by atoms with Crippen LogP contribution in [-0.4, -0.2) is 71.5 Å². The average Bonchev–Trinajstić information content (AvgIpc) is 2.78. The second-order valence-corrected chi connectivity index (χ2v) is 8.34. The maximum absolute atomic E-state index is 13.8. The van der Waals surface area contributed by atoms with E-state index in [4.69, 9.17) is 0 Å². The van der Waals surface area contributed by atoms with E-state index in [1.165, 1.54) is 4.90 Å². The number of halogens is 17. The van der Waals surface area contributed by atoms with Gasteiger partial charge in [0.05, 0.1) is 0 Å². The molecule has 0 aromatic rings. The Hall–Kier alpha value is -1.98. The molecular weight excluding hydrogens is 593 g/mol. The van der Waals surface area contributed by atoms with Gasteiger partial charge in [-0.15, -0.1) is 0 Å². The molecular formula is C20H22F17NO. The van der Waals surface area contributed by atoms with Gasteiger partial charge in [0.15, 0.2) is 0 Å². The van der Waals surface area contributed by atoms with Gasteiger partial charge in [0, 0.05) is 19.5 Å². The molecule has 0 heterocycles. The van der Waals surface area contributed by atoms with Crippen LogP contribution in [0.2, 0.25) is 0 Å². The van der Waals surface area contributed by atoms with Gasteiger partial charge in [-0.3, -0.25) is 4.79 Å². The van der Waals surface area contributed by atoms with Crippen molar-refractivity contribution in [2.75, 3.05) is 13.1 Å². The summed E-state index contributed by atoms with van der Waals surface area (Å²) in [6, 6.07) is 0. The van der Waals surface area contributed by atoms with Gasteiger partial charge in [-0.25, -0.2) is 0 Å². The number of rotatable bonds is 16. The highest BCUT2D eigenvalue weighted by atomic mass is 19.4. The summed E-state index contributed by atoms with van der Waals surface area (Å²) in [5.74, 6) is -56.6. The lowest BCUT2D eigenvalue weighted by atomic mass is 9.88. The molecule has 0 radical (unpaired) electrons. The molecule has 0 aromatic carbocycles. The first-order chi connectivity index (χ1) is 17.2. The molecule has 232 valence electrons. The van der Waals surface area contributed by atoms with Crippen molar-refractivity contribution in [3.8, 4) is 0 Å². The summed E-state index contributed by atoms with van der Waals surface area (Å²) in [5.41, 5.74) is 0. The van der Waals surface area contributed by atoms with Gasteiger partial charge >= 0.3 is 47.6 Å². The molecule has 0 bridgehead atoms. The molecule has 0 spiro atoms. The number of hydrogen-bond donors (Lipinski definition) is 0.